The highest BCUT2D eigenvalue weighted by Gasteiger charge is 2.16. The molecule has 0 aliphatic carbocycles. The van der Waals surface area contributed by atoms with Crippen LogP contribution in [-0.2, 0) is 14.8 Å². The van der Waals surface area contributed by atoms with Gasteiger partial charge in [0.05, 0.1) is 5.02 Å². The summed E-state index contributed by atoms with van der Waals surface area (Å²) in [5.74, 6) is 0.484. The molecule has 1 N–H and O–H groups in total. The number of ether oxygens (including phenoxy) is 1. The summed E-state index contributed by atoms with van der Waals surface area (Å²) in [4.78, 5) is 0.118. The number of benzene rings is 1. The van der Waals surface area contributed by atoms with Crippen molar-refractivity contribution in [2.45, 2.75) is 32.1 Å². The van der Waals surface area contributed by atoms with Gasteiger partial charge in [0.1, 0.15) is 4.90 Å². The van der Waals surface area contributed by atoms with Gasteiger partial charge in [-0.25, -0.2) is 13.1 Å². The van der Waals surface area contributed by atoms with Crippen LogP contribution in [0.15, 0.2) is 23.1 Å². The van der Waals surface area contributed by atoms with Gasteiger partial charge in [-0.3, -0.25) is 0 Å². The fraction of sp³-hybridized carbons (Fsp3) is 0.571. The summed E-state index contributed by atoms with van der Waals surface area (Å²) >= 11 is 5.97. The van der Waals surface area contributed by atoms with E-state index in [2.05, 4.69) is 18.6 Å². The van der Waals surface area contributed by atoms with E-state index in [9.17, 15) is 8.42 Å². The highest BCUT2D eigenvalue weighted by atomic mass is 35.5. The maximum Gasteiger partial charge on any atom is 0.242 e. The lowest BCUT2D eigenvalue weighted by atomic mass is 10.2. The molecule has 0 fully saturated rings. The highest BCUT2D eigenvalue weighted by Crippen LogP contribution is 2.22. The molecule has 114 valence electrons. The van der Waals surface area contributed by atoms with Gasteiger partial charge in [-0.15, -0.1) is 0 Å². The van der Waals surface area contributed by atoms with Gasteiger partial charge >= 0.3 is 0 Å². The molecule has 0 saturated carbocycles. The van der Waals surface area contributed by atoms with Crippen molar-refractivity contribution in [1.82, 2.24) is 4.72 Å². The summed E-state index contributed by atoms with van der Waals surface area (Å²) in [6.45, 7) is 7.58. The third kappa shape index (κ3) is 5.79. The number of hydrogen-bond acceptors (Lipinski definition) is 3. The fourth-order valence-electron chi connectivity index (χ4n) is 1.60. The van der Waals surface area contributed by atoms with Crippen molar-refractivity contribution < 1.29 is 13.2 Å². The van der Waals surface area contributed by atoms with E-state index in [0.717, 1.165) is 5.56 Å². The molecule has 0 saturated heterocycles. The molecule has 0 aromatic heterocycles. The zero-order valence-electron chi connectivity index (χ0n) is 12.1. The molecule has 4 nitrogen and oxygen atoms in total. The van der Waals surface area contributed by atoms with Gasteiger partial charge in [-0.05, 0) is 37.0 Å². The van der Waals surface area contributed by atoms with Gasteiger partial charge in [0, 0.05) is 19.8 Å². The normalized spacial score (nSPS) is 12.1. The third-order valence-electron chi connectivity index (χ3n) is 2.59. The summed E-state index contributed by atoms with van der Waals surface area (Å²) in [5.41, 5.74) is 0.927. The first-order valence-corrected chi connectivity index (χ1v) is 8.52. The predicted molar refractivity (Wildman–Crippen MR) is 81.7 cm³/mol. The van der Waals surface area contributed by atoms with Crippen molar-refractivity contribution in [3.05, 3.63) is 28.8 Å². The van der Waals surface area contributed by atoms with Crippen LogP contribution in [0.1, 0.15) is 25.8 Å². The van der Waals surface area contributed by atoms with Gasteiger partial charge in [-0.1, -0.05) is 31.5 Å². The Kier molecular flexibility index (Phi) is 6.95. The summed E-state index contributed by atoms with van der Waals surface area (Å²) in [6.07, 6.45) is 0.634. The standard InChI is InChI=1S/C14H22ClNO3S/c1-11(2)10-19-8-4-7-16-20(17,18)14-6-5-12(3)9-13(14)15/h5-6,9,11,16H,4,7-8,10H2,1-3H3. The minimum absolute atomic E-state index is 0.118. The van der Waals surface area contributed by atoms with E-state index in [0.29, 0.717) is 32.1 Å². The van der Waals surface area contributed by atoms with Crippen LogP contribution in [0.4, 0.5) is 0 Å². The molecule has 0 atom stereocenters. The molecule has 1 rings (SSSR count). The maximum atomic E-state index is 12.1. The molecule has 6 heteroatoms. The molecule has 0 unspecified atom stereocenters. The van der Waals surface area contributed by atoms with E-state index in [1.807, 2.05) is 6.92 Å². The second-order valence-corrected chi connectivity index (χ2v) is 7.30. The van der Waals surface area contributed by atoms with Crippen molar-refractivity contribution in [3.8, 4) is 0 Å². The maximum absolute atomic E-state index is 12.1. The molecule has 0 amide bonds. The Labute approximate surface area is 126 Å². The number of sulfonamides is 1. The molecule has 0 radical (unpaired) electrons. The molecule has 20 heavy (non-hydrogen) atoms. The van der Waals surface area contributed by atoms with Crippen molar-refractivity contribution in [1.29, 1.82) is 0 Å². The molecule has 0 aliphatic rings. The van der Waals surface area contributed by atoms with E-state index >= 15 is 0 Å². The van der Waals surface area contributed by atoms with E-state index in [1.165, 1.54) is 6.07 Å². The van der Waals surface area contributed by atoms with Crippen LogP contribution in [0, 0.1) is 12.8 Å². The molecule has 0 heterocycles. The Morgan fingerprint density at radius 1 is 1.35 bits per heavy atom. The van der Waals surface area contributed by atoms with Gasteiger partial charge < -0.3 is 4.74 Å². The third-order valence-corrected chi connectivity index (χ3v) is 4.53. The first-order chi connectivity index (χ1) is 9.33. The zero-order chi connectivity index (χ0) is 15.2. The summed E-state index contributed by atoms with van der Waals surface area (Å²) in [5, 5.41) is 0.244. The monoisotopic (exact) mass is 319 g/mol. The molecule has 0 bridgehead atoms. The first kappa shape index (κ1) is 17.4. The number of nitrogens with one attached hydrogen (secondary N) is 1. The van der Waals surface area contributed by atoms with Crippen LogP contribution in [0.25, 0.3) is 0 Å². The van der Waals surface area contributed by atoms with Crippen LogP contribution >= 0.6 is 11.6 Å². The number of aryl methyl sites for hydroxylation is 1. The molecule has 0 spiro atoms. The lowest BCUT2D eigenvalue weighted by Gasteiger charge is -2.10. The average molecular weight is 320 g/mol. The SMILES string of the molecule is Cc1ccc(S(=O)(=O)NCCCOCC(C)C)c(Cl)c1. The van der Waals surface area contributed by atoms with Crippen LogP contribution in [0.3, 0.4) is 0 Å². The highest BCUT2D eigenvalue weighted by molar-refractivity contribution is 7.89. The average Bonchev–Trinajstić information content (AvgIpc) is 2.32. The summed E-state index contributed by atoms with van der Waals surface area (Å²) in [6, 6.07) is 4.89. The second-order valence-electron chi connectivity index (χ2n) is 5.15. The van der Waals surface area contributed by atoms with Gasteiger partial charge in [-0.2, -0.15) is 0 Å². The molecule has 1 aromatic carbocycles. The van der Waals surface area contributed by atoms with E-state index in [1.54, 1.807) is 12.1 Å². The van der Waals surface area contributed by atoms with Gasteiger partial charge in [0.15, 0.2) is 0 Å². The lowest BCUT2D eigenvalue weighted by molar-refractivity contribution is 0.108. The van der Waals surface area contributed by atoms with E-state index < -0.39 is 10.0 Å². The summed E-state index contributed by atoms with van der Waals surface area (Å²) < 4.78 is 32.1. The van der Waals surface area contributed by atoms with E-state index in [-0.39, 0.29) is 9.92 Å². The number of halogens is 1. The molecular formula is C14H22ClNO3S. The number of hydrogen-bond donors (Lipinski definition) is 1. The van der Waals surface area contributed by atoms with Crippen LogP contribution in [0.2, 0.25) is 5.02 Å². The Bertz CT molecular complexity index is 529. The lowest BCUT2D eigenvalue weighted by Crippen LogP contribution is -2.26. The van der Waals surface area contributed by atoms with Crippen LogP contribution in [-0.4, -0.2) is 28.2 Å². The Balaban J connectivity index is 2.46. The van der Waals surface area contributed by atoms with Crippen molar-refractivity contribution >= 4 is 21.6 Å². The largest absolute Gasteiger partial charge is 0.381 e. The van der Waals surface area contributed by atoms with Crippen LogP contribution < -0.4 is 4.72 Å². The van der Waals surface area contributed by atoms with Crippen molar-refractivity contribution in [2.75, 3.05) is 19.8 Å². The molecular weight excluding hydrogens is 298 g/mol. The minimum atomic E-state index is -3.55. The van der Waals surface area contributed by atoms with Gasteiger partial charge in [0.2, 0.25) is 10.0 Å². The molecule has 0 aliphatic heterocycles. The van der Waals surface area contributed by atoms with Crippen LogP contribution in [0.5, 0.6) is 0 Å². The topological polar surface area (TPSA) is 55.4 Å². The Morgan fingerprint density at radius 3 is 2.65 bits per heavy atom. The van der Waals surface area contributed by atoms with Crippen molar-refractivity contribution in [3.63, 3.8) is 0 Å². The molecule has 1 aromatic rings. The second kappa shape index (κ2) is 7.98. The smallest absolute Gasteiger partial charge is 0.242 e. The fourth-order valence-corrected chi connectivity index (χ4v) is 3.27. The Hall–Kier alpha value is -0.620. The van der Waals surface area contributed by atoms with Gasteiger partial charge in [0.25, 0.3) is 0 Å². The number of rotatable bonds is 8. The minimum Gasteiger partial charge on any atom is -0.381 e. The zero-order valence-corrected chi connectivity index (χ0v) is 13.7. The summed E-state index contributed by atoms with van der Waals surface area (Å²) in [7, 11) is -3.55. The predicted octanol–water partition coefficient (Wildman–Crippen LogP) is 2.99. The van der Waals surface area contributed by atoms with Crippen molar-refractivity contribution in [2.24, 2.45) is 5.92 Å². The Morgan fingerprint density at radius 2 is 2.05 bits per heavy atom. The quantitative estimate of drug-likeness (QED) is 0.749. The first-order valence-electron chi connectivity index (χ1n) is 6.66. The van der Waals surface area contributed by atoms with E-state index in [4.69, 9.17) is 16.3 Å².